The predicted molar refractivity (Wildman–Crippen MR) is 68.7 cm³/mol. The zero-order chi connectivity index (χ0) is 13.2. The van der Waals surface area contributed by atoms with Crippen molar-refractivity contribution >= 4 is 5.78 Å². The lowest BCUT2D eigenvalue weighted by Crippen LogP contribution is -2.41. The van der Waals surface area contributed by atoms with Gasteiger partial charge in [-0.25, -0.2) is 0 Å². The number of nitrogens with zero attached hydrogens (tertiary/aromatic N) is 1. The van der Waals surface area contributed by atoms with Crippen molar-refractivity contribution in [2.75, 3.05) is 0 Å². The van der Waals surface area contributed by atoms with E-state index < -0.39 is 0 Å². The van der Waals surface area contributed by atoms with E-state index in [1.807, 2.05) is 6.07 Å². The molecule has 94 valence electrons. The first kappa shape index (κ1) is 12.6. The van der Waals surface area contributed by atoms with Crippen LogP contribution in [0.25, 0.3) is 0 Å². The van der Waals surface area contributed by atoms with Gasteiger partial charge in [-0.2, -0.15) is 5.26 Å². The number of fused-ring (bicyclic) bond motifs is 1. The predicted octanol–water partition coefficient (Wildman–Crippen LogP) is 3.47. The topological polar surface area (TPSA) is 50.1 Å². The minimum Gasteiger partial charge on any atom is -0.486 e. The smallest absolute Gasteiger partial charge is 0.170 e. The number of ketones is 1. The van der Waals surface area contributed by atoms with Crippen LogP contribution in [0.3, 0.4) is 0 Å². The molecule has 1 unspecified atom stereocenters. The van der Waals surface area contributed by atoms with Gasteiger partial charge >= 0.3 is 0 Å². The third-order valence-corrected chi connectivity index (χ3v) is 3.57. The molecule has 0 aliphatic carbocycles. The van der Waals surface area contributed by atoms with Crippen molar-refractivity contribution in [3.8, 4) is 11.8 Å². The van der Waals surface area contributed by atoms with E-state index in [1.165, 1.54) is 0 Å². The molecule has 1 aliphatic rings. The van der Waals surface area contributed by atoms with Crippen LogP contribution in [-0.2, 0) is 0 Å². The Morgan fingerprint density at radius 3 is 2.83 bits per heavy atom. The second kappa shape index (κ2) is 4.81. The zero-order valence-electron chi connectivity index (χ0n) is 10.8. The highest BCUT2D eigenvalue weighted by Crippen LogP contribution is 2.38. The number of carbonyl (C=O) groups is 1. The molecule has 3 heteroatoms. The largest absolute Gasteiger partial charge is 0.486 e. The second-order valence-corrected chi connectivity index (χ2v) is 4.81. The summed E-state index contributed by atoms with van der Waals surface area (Å²) >= 11 is 0. The van der Waals surface area contributed by atoms with Crippen molar-refractivity contribution in [2.24, 2.45) is 0 Å². The fraction of sp³-hybridized carbons (Fsp3) is 0.467. The summed E-state index contributed by atoms with van der Waals surface area (Å²) in [6, 6.07) is 7.12. The standard InChI is InChI=1S/C15H17NO2/c1-3-7-15(4-2)9-13(17)12-8-11(10-16)5-6-14(12)18-15/h5-6,8H,3-4,7,9H2,1-2H3. The summed E-state index contributed by atoms with van der Waals surface area (Å²) in [6.07, 6.45) is 3.12. The van der Waals surface area contributed by atoms with Crippen LogP contribution in [0, 0.1) is 11.3 Å². The maximum atomic E-state index is 12.2. The van der Waals surface area contributed by atoms with E-state index in [0.29, 0.717) is 23.3 Å². The molecule has 0 spiro atoms. The van der Waals surface area contributed by atoms with Gasteiger partial charge < -0.3 is 4.74 Å². The number of benzene rings is 1. The molecule has 0 saturated carbocycles. The number of hydrogen-bond acceptors (Lipinski definition) is 3. The normalized spacial score (nSPS) is 21.9. The number of rotatable bonds is 3. The molecule has 0 fully saturated rings. The summed E-state index contributed by atoms with van der Waals surface area (Å²) in [4.78, 5) is 12.2. The third kappa shape index (κ3) is 2.11. The van der Waals surface area contributed by atoms with Crippen molar-refractivity contribution in [1.82, 2.24) is 0 Å². The van der Waals surface area contributed by atoms with Crippen LogP contribution in [0.2, 0.25) is 0 Å². The van der Waals surface area contributed by atoms with E-state index in [9.17, 15) is 4.79 Å². The van der Waals surface area contributed by atoms with Crippen LogP contribution < -0.4 is 4.74 Å². The Balaban J connectivity index is 2.40. The lowest BCUT2D eigenvalue weighted by molar-refractivity contribution is 0.0310. The first-order valence-corrected chi connectivity index (χ1v) is 6.40. The fourth-order valence-electron chi connectivity index (χ4n) is 2.53. The minimum atomic E-state index is -0.354. The number of ether oxygens (including phenoxy) is 1. The van der Waals surface area contributed by atoms with Gasteiger partial charge in [0.2, 0.25) is 0 Å². The summed E-state index contributed by atoms with van der Waals surface area (Å²) in [7, 11) is 0. The zero-order valence-corrected chi connectivity index (χ0v) is 10.8. The maximum absolute atomic E-state index is 12.2. The van der Waals surface area contributed by atoms with Crippen LogP contribution in [0.4, 0.5) is 0 Å². The van der Waals surface area contributed by atoms with E-state index in [1.54, 1.807) is 18.2 Å². The van der Waals surface area contributed by atoms with Crippen molar-refractivity contribution in [2.45, 2.75) is 45.1 Å². The summed E-state index contributed by atoms with van der Waals surface area (Å²) in [5.74, 6) is 0.712. The molecule has 1 atom stereocenters. The molecule has 0 amide bonds. The Morgan fingerprint density at radius 1 is 1.44 bits per heavy atom. The van der Waals surface area contributed by atoms with Crippen LogP contribution in [-0.4, -0.2) is 11.4 Å². The molecule has 1 aromatic rings. The minimum absolute atomic E-state index is 0.0867. The number of carbonyl (C=O) groups excluding carboxylic acids is 1. The lowest BCUT2D eigenvalue weighted by Gasteiger charge is -2.37. The van der Waals surface area contributed by atoms with Gasteiger partial charge in [0.15, 0.2) is 5.78 Å². The molecule has 1 aromatic carbocycles. The number of hydrogen-bond donors (Lipinski definition) is 0. The summed E-state index contributed by atoms with van der Waals surface area (Å²) in [6.45, 7) is 4.15. The second-order valence-electron chi connectivity index (χ2n) is 4.81. The fourth-order valence-corrected chi connectivity index (χ4v) is 2.53. The molecule has 0 radical (unpaired) electrons. The van der Waals surface area contributed by atoms with Gasteiger partial charge in [0, 0.05) is 0 Å². The molecule has 0 N–H and O–H groups in total. The Hall–Kier alpha value is -1.82. The van der Waals surface area contributed by atoms with Gasteiger partial charge in [-0.3, -0.25) is 4.79 Å². The highest BCUT2D eigenvalue weighted by molar-refractivity contribution is 6.00. The summed E-state index contributed by atoms with van der Waals surface area (Å²) in [5.41, 5.74) is 0.701. The molecule has 1 heterocycles. The van der Waals surface area contributed by atoms with Crippen LogP contribution in [0.1, 0.15) is 55.5 Å². The maximum Gasteiger partial charge on any atom is 0.170 e. The number of nitriles is 1. The Labute approximate surface area is 107 Å². The average molecular weight is 243 g/mol. The molecular formula is C15H17NO2. The van der Waals surface area contributed by atoms with Gasteiger partial charge in [0.05, 0.1) is 23.6 Å². The van der Waals surface area contributed by atoms with Gasteiger partial charge in [0.25, 0.3) is 0 Å². The molecule has 2 rings (SSSR count). The molecule has 1 aliphatic heterocycles. The highest BCUT2D eigenvalue weighted by atomic mass is 16.5. The monoisotopic (exact) mass is 243 g/mol. The third-order valence-electron chi connectivity index (χ3n) is 3.57. The van der Waals surface area contributed by atoms with Crippen molar-refractivity contribution in [3.63, 3.8) is 0 Å². The molecule has 18 heavy (non-hydrogen) atoms. The van der Waals surface area contributed by atoms with Gasteiger partial charge in [0.1, 0.15) is 11.4 Å². The molecule has 0 aromatic heterocycles. The molecule has 0 saturated heterocycles. The average Bonchev–Trinajstić information content (AvgIpc) is 2.39. The van der Waals surface area contributed by atoms with Crippen LogP contribution in [0.5, 0.6) is 5.75 Å². The van der Waals surface area contributed by atoms with Gasteiger partial charge in [-0.05, 0) is 31.0 Å². The van der Waals surface area contributed by atoms with Gasteiger partial charge in [-0.15, -0.1) is 0 Å². The van der Waals surface area contributed by atoms with Crippen molar-refractivity contribution in [1.29, 1.82) is 5.26 Å². The van der Waals surface area contributed by atoms with E-state index in [4.69, 9.17) is 10.00 Å². The quantitative estimate of drug-likeness (QED) is 0.816. The summed E-state index contributed by atoms with van der Waals surface area (Å²) < 4.78 is 6.05. The highest BCUT2D eigenvalue weighted by Gasteiger charge is 2.38. The summed E-state index contributed by atoms with van der Waals surface area (Å²) in [5, 5.41) is 8.86. The van der Waals surface area contributed by atoms with E-state index in [-0.39, 0.29) is 11.4 Å². The molecular weight excluding hydrogens is 226 g/mol. The Kier molecular flexibility index (Phi) is 3.38. The van der Waals surface area contributed by atoms with Crippen LogP contribution >= 0.6 is 0 Å². The van der Waals surface area contributed by atoms with E-state index in [0.717, 1.165) is 19.3 Å². The first-order chi connectivity index (χ1) is 8.64. The molecule has 0 bridgehead atoms. The van der Waals surface area contributed by atoms with Gasteiger partial charge in [-0.1, -0.05) is 20.3 Å². The Morgan fingerprint density at radius 2 is 2.22 bits per heavy atom. The first-order valence-electron chi connectivity index (χ1n) is 6.40. The van der Waals surface area contributed by atoms with Crippen LogP contribution in [0.15, 0.2) is 18.2 Å². The van der Waals surface area contributed by atoms with Crippen molar-refractivity contribution in [3.05, 3.63) is 29.3 Å². The van der Waals surface area contributed by atoms with E-state index >= 15 is 0 Å². The lowest BCUT2D eigenvalue weighted by atomic mass is 9.84. The van der Waals surface area contributed by atoms with Crippen molar-refractivity contribution < 1.29 is 9.53 Å². The van der Waals surface area contributed by atoms with E-state index in [2.05, 4.69) is 13.8 Å². The SMILES string of the molecule is CCCC1(CC)CC(=O)c2cc(C#N)ccc2O1. The number of Topliss-reactive ketones (excluding diaryl/α,β-unsaturated/α-hetero) is 1. The molecule has 3 nitrogen and oxygen atoms in total. The Bertz CT molecular complexity index is 516.